The van der Waals surface area contributed by atoms with Crippen LogP contribution in [-0.2, 0) is 20.2 Å². The zero-order valence-corrected chi connectivity index (χ0v) is 11.8. The van der Waals surface area contributed by atoms with Gasteiger partial charge in [-0.05, 0) is 12.1 Å². The number of benzene rings is 1. The molecule has 0 saturated heterocycles. The van der Waals surface area contributed by atoms with E-state index in [1.54, 1.807) is 0 Å². The summed E-state index contributed by atoms with van der Waals surface area (Å²) in [5.74, 6) is -3.77. The van der Waals surface area contributed by atoms with E-state index >= 15 is 0 Å². The van der Waals surface area contributed by atoms with Crippen molar-refractivity contribution < 1.29 is 66.0 Å². The molecule has 4 N–H and O–H groups in total. The van der Waals surface area contributed by atoms with Gasteiger partial charge in [0.15, 0.2) is 0 Å². The van der Waals surface area contributed by atoms with Crippen LogP contribution >= 0.6 is 0 Å². The van der Waals surface area contributed by atoms with E-state index in [0.717, 1.165) is 0 Å². The number of rotatable bonds is 4. The standard InChI is InChI=1S/C8H6O10S2.Li.H/c9-7(10)3-1-4(8(11)12)6(20(16,17)18)5(2-3)19(13,14)15;;/h1-2H,(H,9,10)(H,11,12)(H,13,14,15)(H,16,17,18);;/q;+1;-1. The largest absolute Gasteiger partial charge is 1.00 e. The Bertz CT molecular complexity index is 814. The van der Waals surface area contributed by atoms with Gasteiger partial charge < -0.3 is 11.6 Å². The summed E-state index contributed by atoms with van der Waals surface area (Å²) in [7, 11) is -10.6. The minimum absolute atomic E-state index is 0. The van der Waals surface area contributed by atoms with E-state index in [0.29, 0.717) is 6.07 Å². The van der Waals surface area contributed by atoms with Crippen LogP contribution in [0.25, 0.3) is 0 Å². The Kier molecular flexibility index (Phi) is 5.72. The van der Waals surface area contributed by atoms with Crippen molar-refractivity contribution in [3.05, 3.63) is 23.3 Å². The Balaban J connectivity index is 0. The van der Waals surface area contributed by atoms with Gasteiger partial charge >= 0.3 is 30.8 Å². The molecular formula is C8H7LiO10S2. The third kappa shape index (κ3) is 4.27. The van der Waals surface area contributed by atoms with Crippen LogP contribution in [0.2, 0.25) is 0 Å². The van der Waals surface area contributed by atoms with E-state index in [9.17, 15) is 26.4 Å². The summed E-state index contributed by atoms with van der Waals surface area (Å²) in [6.45, 7) is 0. The Labute approximate surface area is 131 Å². The molecule has 1 rings (SSSR count). The molecule has 0 unspecified atom stereocenters. The molecule has 1 aromatic rings. The van der Waals surface area contributed by atoms with E-state index in [1.807, 2.05) is 0 Å². The SMILES string of the molecule is O=C(O)c1cc(C(=O)O)c(S(=O)(=O)O)c(S(=O)(=O)O)c1.[H-].[Li+]. The molecule has 10 nitrogen and oxygen atoms in total. The van der Waals surface area contributed by atoms with Gasteiger partial charge in [0.25, 0.3) is 20.2 Å². The van der Waals surface area contributed by atoms with Crippen LogP contribution in [0.15, 0.2) is 21.9 Å². The minimum Gasteiger partial charge on any atom is -1.00 e. The molecule has 0 aliphatic rings. The average Bonchev–Trinajstić information content (AvgIpc) is 2.24. The van der Waals surface area contributed by atoms with Crippen LogP contribution < -0.4 is 18.9 Å². The molecule has 0 fully saturated rings. The fourth-order valence-corrected chi connectivity index (χ4v) is 3.33. The molecule has 112 valence electrons. The molecule has 0 heterocycles. The van der Waals surface area contributed by atoms with Crippen LogP contribution in [0.5, 0.6) is 0 Å². The zero-order valence-electron chi connectivity index (χ0n) is 11.2. The van der Waals surface area contributed by atoms with Crippen molar-refractivity contribution in [2.24, 2.45) is 0 Å². The van der Waals surface area contributed by atoms with Crippen molar-refractivity contribution in [3.8, 4) is 0 Å². The molecular weight excluding hydrogens is 327 g/mol. The van der Waals surface area contributed by atoms with Gasteiger partial charge in [-0.1, -0.05) is 0 Å². The molecule has 0 spiro atoms. The second kappa shape index (κ2) is 6.14. The maximum absolute atomic E-state index is 11.1. The van der Waals surface area contributed by atoms with E-state index in [2.05, 4.69) is 0 Å². The molecule has 0 atom stereocenters. The fourth-order valence-electron chi connectivity index (χ4n) is 1.34. The van der Waals surface area contributed by atoms with Gasteiger partial charge in [-0.2, -0.15) is 16.8 Å². The van der Waals surface area contributed by atoms with Crippen LogP contribution in [-0.4, -0.2) is 48.1 Å². The molecule has 13 heteroatoms. The summed E-state index contributed by atoms with van der Waals surface area (Å²) in [5, 5.41) is 17.5. The third-order valence-electron chi connectivity index (χ3n) is 2.07. The van der Waals surface area contributed by atoms with Crippen molar-refractivity contribution in [2.75, 3.05) is 0 Å². The Morgan fingerprint density at radius 1 is 0.905 bits per heavy atom. The second-order valence-corrected chi connectivity index (χ2v) is 6.16. The number of hydrogen-bond acceptors (Lipinski definition) is 6. The molecule has 0 aliphatic heterocycles. The Morgan fingerprint density at radius 3 is 1.67 bits per heavy atom. The van der Waals surface area contributed by atoms with Gasteiger partial charge in [0.1, 0.15) is 9.79 Å². The van der Waals surface area contributed by atoms with Crippen LogP contribution in [0, 0.1) is 0 Å². The Hall–Kier alpha value is -1.42. The van der Waals surface area contributed by atoms with Gasteiger partial charge in [-0.3, -0.25) is 9.11 Å². The van der Waals surface area contributed by atoms with Gasteiger partial charge in [-0.15, -0.1) is 0 Å². The first-order valence-electron chi connectivity index (χ1n) is 4.45. The minimum atomic E-state index is -5.35. The average molecular weight is 334 g/mol. The van der Waals surface area contributed by atoms with Crippen molar-refractivity contribution >= 4 is 32.2 Å². The summed E-state index contributed by atoms with van der Waals surface area (Å²) in [5.41, 5.74) is -2.21. The van der Waals surface area contributed by atoms with E-state index in [-0.39, 0.29) is 26.4 Å². The molecule has 0 amide bonds. The van der Waals surface area contributed by atoms with Crippen molar-refractivity contribution in [1.82, 2.24) is 0 Å². The van der Waals surface area contributed by atoms with Gasteiger partial charge in [0.05, 0.1) is 11.1 Å². The van der Waals surface area contributed by atoms with Crippen LogP contribution in [0.4, 0.5) is 0 Å². The first kappa shape index (κ1) is 19.6. The number of carboxylic acids is 2. The molecule has 0 saturated carbocycles. The van der Waals surface area contributed by atoms with E-state index < -0.39 is 53.1 Å². The molecule has 0 bridgehead atoms. The Morgan fingerprint density at radius 2 is 1.38 bits per heavy atom. The molecule has 0 aromatic heterocycles. The van der Waals surface area contributed by atoms with Crippen molar-refractivity contribution in [2.45, 2.75) is 9.79 Å². The summed E-state index contributed by atoms with van der Waals surface area (Å²) in [6.07, 6.45) is 0. The predicted octanol–water partition coefficient (Wildman–Crippen LogP) is -3.31. The molecule has 1 aromatic carbocycles. The topological polar surface area (TPSA) is 183 Å². The monoisotopic (exact) mass is 334 g/mol. The number of hydrogen-bond donors (Lipinski definition) is 4. The van der Waals surface area contributed by atoms with Gasteiger partial charge in [0.2, 0.25) is 0 Å². The maximum Gasteiger partial charge on any atom is 1.00 e. The number of carboxylic acid groups (broad SMARTS) is 2. The summed E-state index contributed by atoms with van der Waals surface area (Å²) in [4.78, 5) is 18.5. The van der Waals surface area contributed by atoms with Gasteiger partial charge in [-0.25, -0.2) is 9.59 Å². The van der Waals surface area contributed by atoms with E-state index in [4.69, 9.17) is 19.3 Å². The number of carbonyl (C=O) groups is 2. The first-order valence-corrected chi connectivity index (χ1v) is 7.33. The summed E-state index contributed by atoms with van der Waals surface area (Å²) in [6, 6.07) is 0.551. The summed E-state index contributed by atoms with van der Waals surface area (Å²) < 4.78 is 62.0. The zero-order chi connectivity index (χ0) is 15.9. The van der Waals surface area contributed by atoms with Crippen molar-refractivity contribution in [1.29, 1.82) is 0 Å². The normalized spacial score (nSPS) is 11.5. The second-order valence-electron chi connectivity index (χ2n) is 3.41. The van der Waals surface area contributed by atoms with Gasteiger partial charge in [0, 0.05) is 0 Å². The quantitative estimate of drug-likeness (QED) is 0.321. The predicted molar refractivity (Wildman–Crippen MR) is 61.1 cm³/mol. The molecule has 21 heavy (non-hydrogen) atoms. The first-order chi connectivity index (χ1) is 8.85. The third-order valence-corrected chi connectivity index (χ3v) is 4.03. The van der Waals surface area contributed by atoms with Crippen LogP contribution in [0.3, 0.4) is 0 Å². The van der Waals surface area contributed by atoms with Crippen molar-refractivity contribution in [3.63, 3.8) is 0 Å². The van der Waals surface area contributed by atoms with E-state index in [1.165, 1.54) is 0 Å². The smallest absolute Gasteiger partial charge is 1.00 e. The summed E-state index contributed by atoms with van der Waals surface area (Å²) >= 11 is 0. The molecule has 0 aliphatic carbocycles. The fraction of sp³-hybridized carbons (Fsp3) is 0. The maximum atomic E-state index is 11.1. The van der Waals surface area contributed by atoms with Crippen LogP contribution in [0.1, 0.15) is 22.1 Å². The number of aromatic carboxylic acids is 2. The molecule has 0 radical (unpaired) electrons.